The van der Waals surface area contributed by atoms with Gasteiger partial charge in [0.15, 0.2) is 0 Å². The van der Waals surface area contributed by atoms with Gasteiger partial charge in [-0.15, -0.1) is 0 Å². The van der Waals surface area contributed by atoms with Gasteiger partial charge < -0.3 is 26.2 Å². The number of unbranched alkanes of at least 4 members (excludes halogenated alkanes) is 8. The topological polar surface area (TPSA) is 148 Å². The van der Waals surface area contributed by atoms with Gasteiger partial charge in [-0.2, -0.15) is 0 Å². The standard InChI is InChI=1S/C12H24O2.C3H8O3.C2H6N2/c1-2-3-4-5-6-7-8-9-10-11-12(13)14;4-1-3(6)2-5;1-2(3)4/h2-11H2,1H3,(H,13,14);3-6H,1-2H2;1H3,(H3,3,4). The number of hydrogen-bond acceptors (Lipinski definition) is 5. The average Bonchev–Trinajstić information content (AvgIpc) is 2.52. The fourth-order valence-corrected chi connectivity index (χ4v) is 1.64. The maximum atomic E-state index is 10.2. The Hall–Kier alpha value is -1.18. The first kappa shape index (κ1) is 27.7. The van der Waals surface area contributed by atoms with Gasteiger partial charge >= 0.3 is 5.97 Å². The number of aliphatic hydroxyl groups is 3. The molecule has 0 saturated carbocycles. The SMILES string of the molecule is CC(=N)N.CCCCCCCCCCCC(=O)O.OCC(O)CO. The second kappa shape index (κ2) is 24.1. The van der Waals surface area contributed by atoms with Crippen molar-refractivity contribution in [2.75, 3.05) is 13.2 Å². The van der Waals surface area contributed by atoms with Crippen molar-refractivity contribution in [2.24, 2.45) is 5.73 Å². The lowest BCUT2D eigenvalue weighted by Crippen LogP contribution is -2.15. The maximum absolute atomic E-state index is 10.2. The molecule has 0 spiro atoms. The van der Waals surface area contributed by atoms with Crippen LogP contribution in [0.3, 0.4) is 0 Å². The van der Waals surface area contributed by atoms with Crippen LogP contribution in [0, 0.1) is 5.41 Å². The highest BCUT2D eigenvalue weighted by molar-refractivity contribution is 5.73. The first-order valence-electron chi connectivity index (χ1n) is 8.73. The lowest BCUT2D eigenvalue weighted by molar-refractivity contribution is -0.137. The monoisotopic (exact) mass is 350 g/mol. The van der Waals surface area contributed by atoms with Crippen LogP contribution in [0.25, 0.3) is 0 Å². The van der Waals surface area contributed by atoms with Gasteiger partial charge in [0.25, 0.3) is 0 Å². The number of nitrogens with one attached hydrogen (secondary N) is 1. The normalized spacial score (nSPS) is 9.58. The first-order valence-corrected chi connectivity index (χ1v) is 8.73. The van der Waals surface area contributed by atoms with E-state index in [0.29, 0.717) is 6.42 Å². The molecule has 0 atom stereocenters. The third-order valence-electron chi connectivity index (χ3n) is 2.92. The molecule has 0 rings (SSSR count). The smallest absolute Gasteiger partial charge is 0.303 e. The second-order valence-electron chi connectivity index (χ2n) is 5.67. The predicted octanol–water partition coefficient (Wildman–Crippen LogP) is 2.27. The summed E-state index contributed by atoms with van der Waals surface area (Å²) in [5, 5.41) is 38.7. The van der Waals surface area contributed by atoms with Gasteiger partial charge in [-0.05, 0) is 13.3 Å². The molecule has 0 bridgehead atoms. The number of carbonyl (C=O) groups is 1. The number of carboxylic acids is 1. The van der Waals surface area contributed by atoms with Crippen LogP contribution >= 0.6 is 0 Å². The molecule has 0 saturated heterocycles. The lowest BCUT2D eigenvalue weighted by Gasteiger charge is -2.00. The highest BCUT2D eigenvalue weighted by Crippen LogP contribution is 2.10. The molecule has 0 fully saturated rings. The molecule has 7 N–H and O–H groups in total. The number of aliphatic hydroxyl groups excluding tert-OH is 3. The molecule has 24 heavy (non-hydrogen) atoms. The Bertz CT molecular complexity index is 268. The highest BCUT2D eigenvalue weighted by Gasteiger charge is 1.96. The van der Waals surface area contributed by atoms with Crippen molar-refractivity contribution in [3.8, 4) is 0 Å². The number of nitrogens with two attached hydrogens (primary N) is 1. The minimum atomic E-state index is -0.954. The summed E-state index contributed by atoms with van der Waals surface area (Å²) in [5.74, 6) is -0.493. The van der Waals surface area contributed by atoms with Crippen molar-refractivity contribution in [3.05, 3.63) is 0 Å². The fraction of sp³-hybridized carbons (Fsp3) is 0.882. The van der Waals surface area contributed by atoms with Crippen molar-refractivity contribution in [1.82, 2.24) is 0 Å². The van der Waals surface area contributed by atoms with Crippen molar-refractivity contribution in [2.45, 2.75) is 84.2 Å². The highest BCUT2D eigenvalue weighted by atomic mass is 16.4. The van der Waals surface area contributed by atoms with Crippen molar-refractivity contribution >= 4 is 11.8 Å². The number of amidine groups is 1. The Morgan fingerprint density at radius 1 is 0.958 bits per heavy atom. The molecule has 0 aliphatic heterocycles. The Morgan fingerprint density at radius 3 is 1.54 bits per heavy atom. The molecule has 0 radical (unpaired) electrons. The van der Waals surface area contributed by atoms with Gasteiger partial charge in [-0.3, -0.25) is 10.2 Å². The molecule has 0 aliphatic rings. The van der Waals surface area contributed by atoms with E-state index in [2.05, 4.69) is 6.92 Å². The van der Waals surface area contributed by atoms with E-state index in [-0.39, 0.29) is 19.0 Å². The predicted molar refractivity (Wildman–Crippen MR) is 97.2 cm³/mol. The zero-order valence-electron chi connectivity index (χ0n) is 15.3. The van der Waals surface area contributed by atoms with E-state index in [0.717, 1.165) is 12.8 Å². The number of carboxylic acid groups (broad SMARTS) is 1. The maximum Gasteiger partial charge on any atom is 0.303 e. The molecule has 0 unspecified atom stereocenters. The number of aliphatic carboxylic acids is 1. The molecule has 0 aromatic rings. The minimum absolute atomic E-state index is 0.167. The minimum Gasteiger partial charge on any atom is -0.481 e. The van der Waals surface area contributed by atoms with E-state index >= 15 is 0 Å². The van der Waals surface area contributed by atoms with Gasteiger partial charge in [0.05, 0.1) is 19.0 Å². The summed E-state index contributed by atoms with van der Waals surface area (Å²) < 4.78 is 0. The third-order valence-corrected chi connectivity index (χ3v) is 2.92. The van der Waals surface area contributed by atoms with Crippen LogP contribution in [0.1, 0.15) is 78.1 Å². The van der Waals surface area contributed by atoms with Crippen LogP contribution in [0.5, 0.6) is 0 Å². The van der Waals surface area contributed by atoms with E-state index < -0.39 is 12.1 Å². The quantitative estimate of drug-likeness (QED) is 0.181. The molecular weight excluding hydrogens is 312 g/mol. The zero-order valence-corrected chi connectivity index (χ0v) is 15.3. The molecule has 7 nitrogen and oxygen atoms in total. The Balaban J connectivity index is -0.000000363. The van der Waals surface area contributed by atoms with E-state index in [4.69, 9.17) is 31.6 Å². The summed E-state index contributed by atoms with van der Waals surface area (Å²) in [4.78, 5) is 10.2. The molecule has 0 aromatic heterocycles. The van der Waals surface area contributed by atoms with Crippen LogP contribution in [0.4, 0.5) is 0 Å². The van der Waals surface area contributed by atoms with Gasteiger partial charge in [-0.25, -0.2) is 0 Å². The van der Waals surface area contributed by atoms with Crippen LogP contribution in [-0.4, -0.2) is 51.5 Å². The van der Waals surface area contributed by atoms with Crippen molar-refractivity contribution in [3.63, 3.8) is 0 Å². The molecule has 0 aliphatic carbocycles. The average molecular weight is 350 g/mol. The van der Waals surface area contributed by atoms with Gasteiger partial charge in [0, 0.05) is 6.42 Å². The molecule has 7 heteroatoms. The lowest BCUT2D eigenvalue weighted by atomic mass is 10.1. The zero-order chi connectivity index (χ0) is 19.2. The summed E-state index contributed by atoms with van der Waals surface area (Å²) in [5.41, 5.74) is 4.69. The van der Waals surface area contributed by atoms with Crippen LogP contribution in [0.2, 0.25) is 0 Å². The van der Waals surface area contributed by atoms with Gasteiger partial charge in [0.2, 0.25) is 0 Å². The second-order valence-corrected chi connectivity index (χ2v) is 5.67. The Labute approximate surface area is 146 Å². The molecule has 146 valence electrons. The van der Waals surface area contributed by atoms with Gasteiger partial charge in [0.1, 0.15) is 6.10 Å². The molecule has 0 amide bonds. The summed E-state index contributed by atoms with van der Waals surface area (Å²) >= 11 is 0. The van der Waals surface area contributed by atoms with E-state index in [1.807, 2.05) is 0 Å². The van der Waals surface area contributed by atoms with Crippen LogP contribution in [-0.2, 0) is 4.79 Å². The van der Waals surface area contributed by atoms with Crippen molar-refractivity contribution in [1.29, 1.82) is 5.41 Å². The summed E-state index contributed by atoms with van der Waals surface area (Å²) in [6.45, 7) is 3.03. The summed E-state index contributed by atoms with van der Waals surface area (Å²) in [7, 11) is 0. The third kappa shape index (κ3) is 42.8. The van der Waals surface area contributed by atoms with Crippen LogP contribution < -0.4 is 5.73 Å². The van der Waals surface area contributed by atoms with E-state index in [9.17, 15) is 4.79 Å². The molecule has 0 aromatic carbocycles. The summed E-state index contributed by atoms with van der Waals surface area (Å²) in [6, 6.07) is 0. The van der Waals surface area contributed by atoms with Crippen LogP contribution in [0.15, 0.2) is 0 Å². The molecular formula is C17H38N2O5. The van der Waals surface area contributed by atoms with E-state index in [1.165, 1.54) is 51.9 Å². The van der Waals surface area contributed by atoms with Gasteiger partial charge in [-0.1, -0.05) is 58.3 Å². The van der Waals surface area contributed by atoms with Crippen molar-refractivity contribution < 1.29 is 25.2 Å². The molecule has 0 heterocycles. The number of hydrogen-bond donors (Lipinski definition) is 6. The largest absolute Gasteiger partial charge is 0.481 e. The number of rotatable bonds is 12. The Morgan fingerprint density at radius 2 is 1.29 bits per heavy atom. The summed E-state index contributed by atoms with van der Waals surface area (Å²) in [6.07, 6.45) is 10.5. The Kier molecular flexibility index (Phi) is 27.7. The first-order chi connectivity index (χ1) is 11.3. The van der Waals surface area contributed by atoms with E-state index in [1.54, 1.807) is 0 Å². The fourth-order valence-electron chi connectivity index (χ4n) is 1.64.